The quantitative estimate of drug-likeness (QED) is 0.365. The Bertz CT molecular complexity index is 1190. The molecule has 0 radical (unpaired) electrons. The summed E-state index contributed by atoms with van der Waals surface area (Å²) in [4.78, 5) is 12.6. The summed E-state index contributed by atoms with van der Waals surface area (Å²) < 4.78 is 8.55. The first-order valence-corrected chi connectivity index (χ1v) is 10.7. The van der Waals surface area contributed by atoms with E-state index in [1.807, 2.05) is 59.4 Å². The van der Waals surface area contributed by atoms with Crippen molar-refractivity contribution >= 4 is 27.5 Å². The van der Waals surface area contributed by atoms with Crippen molar-refractivity contribution < 1.29 is 9.53 Å². The zero-order chi connectivity index (χ0) is 21.6. The summed E-state index contributed by atoms with van der Waals surface area (Å²) >= 11 is 3.47. The Morgan fingerprint density at radius 2 is 1.77 bits per heavy atom. The predicted octanol–water partition coefficient (Wildman–Crippen LogP) is 5.83. The van der Waals surface area contributed by atoms with E-state index in [0.717, 1.165) is 15.8 Å². The highest BCUT2D eigenvalue weighted by atomic mass is 79.9. The van der Waals surface area contributed by atoms with Gasteiger partial charge in [0.2, 0.25) is 0 Å². The number of benzene rings is 3. The molecule has 0 saturated heterocycles. The molecule has 3 aromatic carbocycles. The maximum absolute atomic E-state index is 12.6. The topological polar surface area (TPSA) is 56.2 Å². The van der Waals surface area contributed by atoms with Crippen molar-refractivity contribution in [2.24, 2.45) is 0 Å². The summed E-state index contributed by atoms with van der Waals surface area (Å²) in [7, 11) is 0. The molecule has 0 saturated carbocycles. The minimum Gasteiger partial charge on any atom is -0.488 e. The van der Waals surface area contributed by atoms with Crippen molar-refractivity contribution in [3.63, 3.8) is 0 Å². The molecule has 0 spiro atoms. The number of ether oxygens (including phenoxy) is 1. The van der Waals surface area contributed by atoms with Crippen molar-refractivity contribution in [2.45, 2.75) is 20.1 Å². The summed E-state index contributed by atoms with van der Waals surface area (Å²) in [6.07, 6.45) is 3.50. The number of rotatable bonds is 7. The van der Waals surface area contributed by atoms with Crippen LogP contribution in [0.1, 0.15) is 27.0 Å². The summed E-state index contributed by atoms with van der Waals surface area (Å²) in [5.74, 6) is 0.612. The number of nitrogens with zero attached hydrogens (tertiary/aromatic N) is 2. The fraction of sp³-hybridized carbons (Fsp3) is 0.120. The number of anilines is 1. The van der Waals surface area contributed by atoms with Crippen LogP contribution in [-0.4, -0.2) is 15.7 Å². The van der Waals surface area contributed by atoms with Gasteiger partial charge in [0.05, 0.1) is 22.9 Å². The van der Waals surface area contributed by atoms with Gasteiger partial charge in [0, 0.05) is 11.8 Å². The normalized spacial score (nSPS) is 10.6. The Kier molecular flexibility index (Phi) is 6.48. The molecule has 1 aromatic heterocycles. The van der Waals surface area contributed by atoms with Crippen LogP contribution < -0.4 is 10.1 Å². The number of halogens is 1. The largest absolute Gasteiger partial charge is 0.488 e. The van der Waals surface area contributed by atoms with E-state index >= 15 is 0 Å². The zero-order valence-electron chi connectivity index (χ0n) is 17.1. The third kappa shape index (κ3) is 5.41. The maximum Gasteiger partial charge on any atom is 0.255 e. The molecule has 156 valence electrons. The third-order valence-corrected chi connectivity index (χ3v) is 5.59. The lowest BCUT2D eigenvalue weighted by molar-refractivity contribution is 0.102. The molecule has 1 heterocycles. The summed E-state index contributed by atoms with van der Waals surface area (Å²) in [6, 6.07) is 23.3. The number of carbonyl (C=O) groups excluding carboxylic acids is 1. The molecule has 31 heavy (non-hydrogen) atoms. The standard InChI is InChI=1S/C25H22BrN3O2/c1-18-6-2-3-7-21(18)15-29-16-22(14-27-29)28-25(30)20-12-10-19(11-13-20)17-31-24-9-5-4-8-23(24)26/h2-14,16H,15,17H2,1H3,(H,28,30). The fourth-order valence-electron chi connectivity index (χ4n) is 3.16. The van der Waals surface area contributed by atoms with Gasteiger partial charge in [-0.15, -0.1) is 0 Å². The van der Waals surface area contributed by atoms with Crippen LogP contribution >= 0.6 is 15.9 Å². The number of carbonyl (C=O) groups is 1. The molecule has 0 aliphatic heterocycles. The lowest BCUT2D eigenvalue weighted by atomic mass is 10.1. The van der Waals surface area contributed by atoms with Gasteiger partial charge >= 0.3 is 0 Å². The van der Waals surface area contributed by atoms with Crippen LogP contribution in [0.15, 0.2) is 89.7 Å². The van der Waals surface area contributed by atoms with Crippen molar-refractivity contribution in [1.29, 1.82) is 0 Å². The second-order valence-corrected chi connectivity index (χ2v) is 8.08. The molecule has 1 amide bonds. The van der Waals surface area contributed by atoms with Gasteiger partial charge in [-0.05, 0) is 63.8 Å². The number of aryl methyl sites for hydroxylation is 1. The van der Waals surface area contributed by atoms with Crippen LogP contribution in [-0.2, 0) is 13.2 Å². The molecule has 0 aliphatic rings. The van der Waals surface area contributed by atoms with Crippen LogP contribution in [0.4, 0.5) is 5.69 Å². The molecule has 0 unspecified atom stereocenters. The lowest BCUT2D eigenvalue weighted by Crippen LogP contribution is -2.11. The Labute approximate surface area is 189 Å². The number of para-hydroxylation sites is 1. The van der Waals surface area contributed by atoms with Gasteiger partial charge in [-0.1, -0.05) is 48.5 Å². The Morgan fingerprint density at radius 3 is 2.55 bits per heavy atom. The van der Waals surface area contributed by atoms with Crippen LogP contribution in [0.3, 0.4) is 0 Å². The van der Waals surface area contributed by atoms with Gasteiger partial charge in [-0.3, -0.25) is 9.48 Å². The van der Waals surface area contributed by atoms with E-state index in [2.05, 4.69) is 45.4 Å². The minimum atomic E-state index is -0.172. The zero-order valence-corrected chi connectivity index (χ0v) is 18.7. The monoisotopic (exact) mass is 475 g/mol. The predicted molar refractivity (Wildman–Crippen MR) is 125 cm³/mol. The number of nitrogens with one attached hydrogen (secondary N) is 1. The SMILES string of the molecule is Cc1ccccc1Cn1cc(NC(=O)c2ccc(COc3ccccc3Br)cc2)cn1. The first-order valence-electron chi connectivity index (χ1n) is 9.93. The van der Waals surface area contributed by atoms with Gasteiger partial charge in [0.25, 0.3) is 5.91 Å². The molecule has 6 heteroatoms. The molecule has 5 nitrogen and oxygen atoms in total. The highest BCUT2D eigenvalue weighted by Gasteiger charge is 2.09. The van der Waals surface area contributed by atoms with E-state index in [0.29, 0.717) is 24.4 Å². The van der Waals surface area contributed by atoms with Gasteiger partial charge in [0.15, 0.2) is 0 Å². The van der Waals surface area contributed by atoms with Crippen molar-refractivity contribution in [3.8, 4) is 5.75 Å². The molecule has 0 atom stereocenters. The van der Waals surface area contributed by atoms with E-state index in [1.165, 1.54) is 11.1 Å². The second-order valence-electron chi connectivity index (χ2n) is 7.22. The van der Waals surface area contributed by atoms with Gasteiger partial charge in [-0.2, -0.15) is 5.10 Å². The number of hydrogen-bond acceptors (Lipinski definition) is 3. The van der Waals surface area contributed by atoms with Crippen LogP contribution in [0.25, 0.3) is 0 Å². The fourth-order valence-corrected chi connectivity index (χ4v) is 3.55. The van der Waals surface area contributed by atoms with E-state index < -0.39 is 0 Å². The highest BCUT2D eigenvalue weighted by molar-refractivity contribution is 9.10. The van der Waals surface area contributed by atoms with E-state index in [1.54, 1.807) is 18.3 Å². The lowest BCUT2D eigenvalue weighted by Gasteiger charge is -2.09. The molecule has 0 fully saturated rings. The average molecular weight is 476 g/mol. The van der Waals surface area contributed by atoms with E-state index in [4.69, 9.17) is 4.74 Å². The van der Waals surface area contributed by atoms with E-state index in [9.17, 15) is 4.79 Å². The highest BCUT2D eigenvalue weighted by Crippen LogP contribution is 2.24. The Morgan fingerprint density at radius 1 is 1.03 bits per heavy atom. The Hall–Kier alpha value is -3.38. The summed E-state index contributed by atoms with van der Waals surface area (Å²) in [6.45, 7) is 3.17. The number of amides is 1. The molecular formula is C25H22BrN3O2. The first kappa shape index (κ1) is 20.9. The Balaban J connectivity index is 1.34. The smallest absolute Gasteiger partial charge is 0.255 e. The van der Waals surface area contributed by atoms with Gasteiger partial charge in [0.1, 0.15) is 12.4 Å². The van der Waals surface area contributed by atoms with Crippen LogP contribution in [0, 0.1) is 6.92 Å². The number of aromatic nitrogens is 2. The minimum absolute atomic E-state index is 0.172. The van der Waals surface area contributed by atoms with Crippen LogP contribution in [0.5, 0.6) is 5.75 Å². The average Bonchev–Trinajstić information content (AvgIpc) is 3.22. The number of hydrogen-bond donors (Lipinski definition) is 1. The van der Waals surface area contributed by atoms with E-state index in [-0.39, 0.29) is 5.91 Å². The van der Waals surface area contributed by atoms with Gasteiger partial charge in [-0.25, -0.2) is 0 Å². The van der Waals surface area contributed by atoms with Crippen molar-refractivity contribution in [3.05, 3.63) is 112 Å². The van der Waals surface area contributed by atoms with Crippen LogP contribution in [0.2, 0.25) is 0 Å². The molecule has 1 N–H and O–H groups in total. The molecule has 0 bridgehead atoms. The summed E-state index contributed by atoms with van der Waals surface area (Å²) in [5, 5.41) is 7.26. The summed E-state index contributed by atoms with van der Waals surface area (Å²) in [5.41, 5.74) is 4.64. The van der Waals surface area contributed by atoms with Crippen molar-refractivity contribution in [1.82, 2.24) is 9.78 Å². The third-order valence-electron chi connectivity index (χ3n) is 4.93. The molecule has 4 rings (SSSR count). The molecular weight excluding hydrogens is 454 g/mol. The maximum atomic E-state index is 12.6. The molecule has 4 aromatic rings. The second kappa shape index (κ2) is 9.62. The van der Waals surface area contributed by atoms with Crippen molar-refractivity contribution in [2.75, 3.05) is 5.32 Å². The first-order chi connectivity index (χ1) is 15.1. The molecule has 0 aliphatic carbocycles. The van der Waals surface area contributed by atoms with Gasteiger partial charge < -0.3 is 10.1 Å².